The summed E-state index contributed by atoms with van der Waals surface area (Å²) in [6, 6.07) is 5.78. The molecule has 0 radical (unpaired) electrons. The summed E-state index contributed by atoms with van der Waals surface area (Å²) in [7, 11) is 0. The third-order valence-corrected chi connectivity index (χ3v) is 4.64. The average Bonchev–Trinajstić information content (AvgIpc) is 3.26. The van der Waals surface area contributed by atoms with Gasteiger partial charge in [0.15, 0.2) is 5.60 Å². The van der Waals surface area contributed by atoms with Crippen LogP contribution >= 0.6 is 0 Å². The number of nitrogens with zero attached hydrogens (tertiary/aromatic N) is 3. The summed E-state index contributed by atoms with van der Waals surface area (Å²) >= 11 is 0. The van der Waals surface area contributed by atoms with Gasteiger partial charge in [-0.2, -0.15) is 19.0 Å². The number of halogens is 4. The number of aliphatic hydroxyl groups is 1. The van der Waals surface area contributed by atoms with E-state index in [2.05, 4.69) is 25.7 Å². The molecule has 0 aliphatic carbocycles. The second kappa shape index (κ2) is 9.04. The number of hydrazone groups is 1. The van der Waals surface area contributed by atoms with Crippen LogP contribution in [0.15, 0.2) is 53.9 Å². The maximum absolute atomic E-state index is 15.6. The van der Waals surface area contributed by atoms with E-state index in [1.807, 2.05) is 0 Å². The van der Waals surface area contributed by atoms with Gasteiger partial charge in [0.2, 0.25) is 0 Å². The van der Waals surface area contributed by atoms with Gasteiger partial charge in [-0.05, 0) is 37.1 Å². The van der Waals surface area contributed by atoms with Gasteiger partial charge in [-0.25, -0.2) is 8.78 Å². The van der Waals surface area contributed by atoms with E-state index in [4.69, 9.17) is 5.41 Å². The van der Waals surface area contributed by atoms with Crippen LogP contribution in [0.1, 0.15) is 23.4 Å². The van der Waals surface area contributed by atoms with Crippen molar-refractivity contribution in [2.45, 2.75) is 24.4 Å². The first kappa shape index (κ1) is 22.1. The lowest BCUT2D eigenvalue weighted by atomic mass is 9.80. The smallest absolute Gasteiger partial charge is 0.321 e. The Kier molecular flexibility index (Phi) is 6.44. The molecule has 0 saturated heterocycles. The first-order chi connectivity index (χ1) is 14.8. The standard InChI is InChI=1S/C20H18F4N6O/c21-13-1-3-16(17(22)11-13)19(31,7-5-14-6-9-27-29-14)20(23,24)18-4-2-15(12-26-18)30-28-10-8-25/h1-4,6,8-12,25,30-31H,5,7H2,(H,27,29). The Morgan fingerprint density at radius 2 is 2.00 bits per heavy atom. The fourth-order valence-electron chi connectivity index (χ4n) is 3.03. The number of H-pyrrole nitrogens is 1. The highest BCUT2D eigenvalue weighted by molar-refractivity contribution is 6.14. The van der Waals surface area contributed by atoms with E-state index < -0.39 is 40.8 Å². The average molecular weight is 434 g/mol. The number of aromatic amines is 1. The quantitative estimate of drug-likeness (QED) is 0.234. The summed E-state index contributed by atoms with van der Waals surface area (Å²) < 4.78 is 59.0. The molecule has 1 unspecified atom stereocenters. The summed E-state index contributed by atoms with van der Waals surface area (Å²) in [5.41, 5.74) is -1.40. The Bertz CT molecular complexity index is 1060. The zero-order chi connectivity index (χ0) is 22.5. The molecule has 1 atom stereocenters. The Balaban J connectivity index is 2.00. The fourth-order valence-corrected chi connectivity index (χ4v) is 3.03. The number of hydrogen-bond donors (Lipinski definition) is 4. The molecule has 3 rings (SSSR count). The molecule has 0 aliphatic heterocycles. The Morgan fingerprint density at radius 1 is 1.19 bits per heavy atom. The van der Waals surface area contributed by atoms with Crippen LogP contribution in [0.4, 0.5) is 23.2 Å². The van der Waals surface area contributed by atoms with Crippen molar-refractivity contribution in [2.24, 2.45) is 5.10 Å². The van der Waals surface area contributed by atoms with Gasteiger partial charge in [-0.15, -0.1) is 0 Å². The molecular formula is C20H18F4N6O. The number of rotatable bonds is 9. The van der Waals surface area contributed by atoms with Gasteiger partial charge in [0.25, 0.3) is 0 Å². The predicted octanol–water partition coefficient (Wildman–Crippen LogP) is 3.74. The number of pyridine rings is 1. The van der Waals surface area contributed by atoms with Crippen LogP contribution in [0.5, 0.6) is 0 Å². The van der Waals surface area contributed by atoms with Crippen LogP contribution in [0.2, 0.25) is 0 Å². The summed E-state index contributed by atoms with van der Waals surface area (Å²) in [6.45, 7) is 0. The number of anilines is 1. The maximum atomic E-state index is 15.6. The predicted molar refractivity (Wildman–Crippen MR) is 106 cm³/mol. The van der Waals surface area contributed by atoms with Gasteiger partial charge in [0, 0.05) is 29.7 Å². The Morgan fingerprint density at radius 3 is 2.61 bits per heavy atom. The number of hydrogen-bond acceptors (Lipinski definition) is 6. The van der Waals surface area contributed by atoms with E-state index in [-0.39, 0.29) is 12.1 Å². The van der Waals surface area contributed by atoms with E-state index in [9.17, 15) is 13.9 Å². The lowest BCUT2D eigenvalue weighted by molar-refractivity contribution is -0.202. The molecule has 31 heavy (non-hydrogen) atoms. The first-order valence-electron chi connectivity index (χ1n) is 9.06. The van der Waals surface area contributed by atoms with Crippen molar-refractivity contribution in [3.8, 4) is 0 Å². The van der Waals surface area contributed by atoms with Crippen molar-refractivity contribution >= 4 is 18.1 Å². The van der Waals surface area contributed by atoms with E-state index in [1.54, 1.807) is 0 Å². The summed E-state index contributed by atoms with van der Waals surface area (Å²) in [6.07, 6.45) is 3.84. The summed E-state index contributed by atoms with van der Waals surface area (Å²) in [5, 5.41) is 27.9. The van der Waals surface area contributed by atoms with Crippen LogP contribution in [-0.2, 0) is 17.9 Å². The lowest BCUT2D eigenvalue weighted by Crippen LogP contribution is -2.45. The molecule has 162 valence electrons. The first-order valence-corrected chi connectivity index (χ1v) is 9.06. The van der Waals surface area contributed by atoms with Gasteiger partial charge in [-0.1, -0.05) is 6.07 Å². The van der Waals surface area contributed by atoms with Gasteiger partial charge < -0.3 is 10.5 Å². The number of aryl methyl sites for hydroxylation is 1. The van der Waals surface area contributed by atoms with Crippen molar-refractivity contribution < 1.29 is 22.7 Å². The zero-order valence-electron chi connectivity index (χ0n) is 16.0. The number of aromatic nitrogens is 3. The van der Waals surface area contributed by atoms with E-state index in [1.165, 1.54) is 18.3 Å². The molecule has 0 aliphatic rings. The molecular weight excluding hydrogens is 416 g/mol. The highest BCUT2D eigenvalue weighted by Crippen LogP contribution is 2.48. The van der Waals surface area contributed by atoms with Gasteiger partial charge in [0.1, 0.15) is 17.3 Å². The second-order valence-corrected chi connectivity index (χ2v) is 6.63. The molecule has 1 aromatic carbocycles. The second-order valence-electron chi connectivity index (χ2n) is 6.63. The van der Waals surface area contributed by atoms with E-state index >= 15 is 8.78 Å². The van der Waals surface area contributed by atoms with Crippen LogP contribution in [-0.4, -0.2) is 32.7 Å². The molecule has 2 aromatic heterocycles. The minimum atomic E-state index is -4.04. The molecule has 0 amide bonds. The Hall–Kier alpha value is -3.60. The SMILES string of the molecule is N=CC=NNc1ccc(C(F)(F)C(O)(CCc2ccn[nH]2)c2ccc(F)cc2F)nc1. The zero-order valence-corrected chi connectivity index (χ0v) is 16.0. The van der Waals surface area contributed by atoms with Gasteiger partial charge in [0.05, 0.1) is 18.1 Å². The monoisotopic (exact) mass is 434 g/mol. The van der Waals surface area contributed by atoms with Crippen LogP contribution in [0, 0.1) is 17.0 Å². The maximum Gasteiger partial charge on any atom is 0.321 e. The summed E-state index contributed by atoms with van der Waals surface area (Å²) in [5.74, 6) is -6.30. The molecule has 0 bridgehead atoms. The molecule has 2 heterocycles. The highest BCUT2D eigenvalue weighted by atomic mass is 19.3. The van der Waals surface area contributed by atoms with Crippen molar-refractivity contribution in [1.29, 1.82) is 5.41 Å². The Labute approximate surface area is 174 Å². The molecule has 0 saturated carbocycles. The molecule has 0 fully saturated rings. The molecule has 7 nitrogen and oxygen atoms in total. The minimum Gasteiger partial charge on any atom is -0.378 e. The van der Waals surface area contributed by atoms with Crippen molar-refractivity contribution in [3.63, 3.8) is 0 Å². The van der Waals surface area contributed by atoms with E-state index in [0.717, 1.165) is 36.8 Å². The number of benzene rings is 1. The number of alkyl halides is 2. The molecule has 0 spiro atoms. The third-order valence-electron chi connectivity index (χ3n) is 4.64. The summed E-state index contributed by atoms with van der Waals surface area (Å²) in [4.78, 5) is 3.69. The molecule has 11 heteroatoms. The van der Waals surface area contributed by atoms with Crippen molar-refractivity contribution in [1.82, 2.24) is 15.2 Å². The van der Waals surface area contributed by atoms with Crippen LogP contribution in [0.3, 0.4) is 0 Å². The normalized spacial score (nSPS) is 13.8. The molecule has 3 aromatic rings. The van der Waals surface area contributed by atoms with Crippen molar-refractivity contribution in [3.05, 3.63) is 77.4 Å². The topological polar surface area (TPSA) is 110 Å². The van der Waals surface area contributed by atoms with Crippen LogP contribution in [0.25, 0.3) is 0 Å². The van der Waals surface area contributed by atoms with Gasteiger partial charge in [-0.3, -0.25) is 15.5 Å². The van der Waals surface area contributed by atoms with E-state index in [0.29, 0.717) is 11.8 Å². The van der Waals surface area contributed by atoms with Gasteiger partial charge >= 0.3 is 5.92 Å². The fraction of sp³-hybridized carbons (Fsp3) is 0.200. The van der Waals surface area contributed by atoms with Crippen molar-refractivity contribution in [2.75, 3.05) is 5.43 Å². The largest absolute Gasteiger partial charge is 0.378 e. The molecule has 4 N–H and O–H groups in total. The minimum absolute atomic E-state index is 0.0825. The lowest BCUT2D eigenvalue weighted by Gasteiger charge is -2.36. The number of nitrogens with one attached hydrogen (secondary N) is 3. The highest BCUT2D eigenvalue weighted by Gasteiger charge is 2.56. The third kappa shape index (κ3) is 4.61. The van der Waals surface area contributed by atoms with Crippen LogP contribution < -0.4 is 5.43 Å².